The highest BCUT2D eigenvalue weighted by molar-refractivity contribution is 5.73. The smallest absolute Gasteiger partial charge is 0.309 e. The molecule has 0 bridgehead atoms. The molecule has 2 aliphatic carbocycles. The van der Waals surface area contributed by atoms with E-state index >= 15 is 0 Å². The van der Waals surface area contributed by atoms with Crippen LogP contribution in [-0.4, -0.2) is 34.4 Å². The molecule has 2 aliphatic rings. The van der Waals surface area contributed by atoms with Crippen LogP contribution in [0.2, 0.25) is 0 Å². The number of carbonyl (C=O) groups is 2. The summed E-state index contributed by atoms with van der Waals surface area (Å²) >= 11 is 0. The molecule has 34 heavy (non-hydrogen) atoms. The van der Waals surface area contributed by atoms with E-state index in [0.29, 0.717) is 26.1 Å². The fourth-order valence-corrected chi connectivity index (χ4v) is 4.53. The molecule has 6 heteroatoms. The third-order valence-electron chi connectivity index (χ3n) is 6.79. The predicted molar refractivity (Wildman–Crippen MR) is 128 cm³/mol. The van der Waals surface area contributed by atoms with Crippen LogP contribution < -0.4 is 0 Å². The Bertz CT molecular complexity index is 804. The van der Waals surface area contributed by atoms with Crippen molar-refractivity contribution in [3.05, 3.63) is 71.8 Å². The second-order valence-corrected chi connectivity index (χ2v) is 9.61. The highest BCUT2D eigenvalue weighted by Crippen LogP contribution is 2.32. The molecule has 4 rings (SSSR count). The zero-order chi connectivity index (χ0) is 24.5. The first-order valence-electron chi connectivity index (χ1n) is 12.1. The van der Waals surface area contributed by atoms with Crippen LogP contribution in [0, 0.1) is 23.7 Å². The van der Waals surface area contributed by atoms with E-state index in [1.807, 2.05) is 74.5 Å². The second kappa shape index (κ2) is 12.7. The van der Waals surface area contributed by atoms with E-state index < -0.39 is 0 Å². The summed E-state index contributed by atoms with van der Waals surface area (Å²) in [6.45, 7) is 4.57. The number of ether oxygens (including phenoxy) is 2. The Labute approximate surface area is 201 Å². The number of aliphatic hydroxyl groups excluding tert-OH is 2. The second-order valence-electron chi connectivity index (χ2n) is 9.61. The van der Waals surface area contributed by atoms with E-state index in [0.717, 1.165) is 24.0 Å². The molecule has 2 fully saturated rings. The van der Waals surface area contributed by atoms with Gasteiger partial charge in [0.15, 0.2) is 0 Å². The van der Waals surface area contributed by atoms with Gasteiger partial charge in [0.25, 0.3) is 0 Å². The topological polar surface area (TPSA) is 93.1 Å². The summed E-state index contributed by atoms with van der Waals surface area (Å²) in [5, 5.41) is 19.2. The molecule has 0 radical (unpaired) electrons. The van der Waals surface area contributed by atoms with Gasteiger partial charge in [-0.1, -0.05) is 74.5 Å². The van der Waals surface area contributed by atoms with Gasteiger partial charge >= 0.3 is 11.9 Å². The molecule has 6 atom stereocenters. The van der Waals surface area contributed by atoms with Crippen LogP contribution in [0.3, 0.4) is 0 Å². The molecule has 2 aromatic carbocycles. The largest absolute Gasteiger partial charge is 0.461 e. The summed E-state index contributed by atoms with van der Waals surface area (Å²) < 4.78 is 10.5. The molecule has 2 saturated carbocycles. The minimum Gasteiger partial charge on any atom is -0.461 e. The van der Waals surface area contributed by atoms with Gasteiger partial charge in [-0.05, 0) is 48.6 Å². The average Bonchev–Trinajstić information content (AvgIpc) is 3.38. The van der Waals surface area contributed by atoms with Crippen LogP contribution in [-0.2, 0) is 32.3 Å². The molecular formula is C28H36O6. The predicted octanol–water partition coefficient (Wildman–Crippen LogP) is 4.27. The molecule has 0 amide bonds. The van der Waals surface area contributed by atoms with E-state index in [2.05, 4.69) is 0 Å². The van der Waals surface area contributed by atoms with Gasteiger partial charge in [-0.25, -0.2) is 0 Å². The molecule has 2 N–H and O–H groups in total. The van der Waals surface area contributed by atoms with Crippen molar-refractivity contribution < 1.29 is 29.3 Å². The monoisotopic (exact) mass is 468 g/mol. The maximum absolute atomic E-state index is 11.8. The number of benzene rings is 2. The van der Waals surface area contributed by atoms with Crippen LogP contribution >= 0.6 is 0 Å². The summed E-state index contributed by atoms with van der Waals surface area (Å²) in [4.78, 5) is 23.6. The maximum atomic E-state index is 11.8. The van der Waals surface area contributed by atoms with E-state index in [1.165, 1.54) is 0 Å². The summed E-state index contributed by atoms with van der Waals surface area (Å²) in [5.41, 5.74) is 1.99. The first kappa shape index (κ1) is 25.9. The molecule has 0 unspecified atom stereocenters. The van der Waals surface area contributed by atoms with Gasteiger partial charge in [-0.15, -0.1) is 0 Å². The van der Waals surface area contributed by atoms with Crippen molar-refractivity contribution >= 4 is 11.9 Å². The lowest BCUT2D eigenvalue weighted by atomic mass is 10.1. The van der Waals surface area contributed by atoms with Crippen LogP contribution in [0.4, 0.5) is 0 Å². The Morgan fingerprint density at radius 1 is 0.676 bits per heavy atom. The van der Waals surface area contributed by atoms with Gasteiger partial charge in [0, 0.05) is 0 Å². The Hall–Kier alpha value is -2.70. The average molecular weight is 469 g/mol. The third-order valence-corrected chi connectivity index (χ3v) is 6.79. The van der Waals surface area contributed by atoms with Gasteiger partial charge in [-0.3, -0.25) is 9.59 Å². The van der Waals surface area contributed by atoms with E-state index in [-0.39, 0.29) is 47.8 Å². The lowest BCUT2D eigenvalue weighted by Crippen LogP contribution is -2.15. The number of hydrogen-bond acceptors (Lipinski definition) is 6. The number of hydrogen-bond donors (Lipinski definition) is 2. The summed E-state index contributed by atoms with van der Waals surface area (Å²) in [6, 6.07) is 19.3. The Morgan fingerprint density at radius 3 is 1.32 bits per heavy atom. The number of esters is 2. The minimum absolute atomic E-state index is 0.135. The van der Waals surface area contributed by atoms with Crippen molar-refractivity contribution in [2.45, 2.75) is 65.0 Å². The Kier molecular flexibility index (Phi) is 9.66. The fraction of sp³-hybridized carbons (Fsp3) is 0.500. The van der Waals surface area contributed by atoms with E-state index in [4.69, 9.17) is 9.47 Å². The number of aliphatic hydroxyl groups is 2. The number of rotatable bonds is 6. The molecule has 6 nitrogen and oxygen atoms in total. The quantitative estimate of drug-likeness (QED) is 0.615. The first-order chi connectivity index (χ1) is 16.3. The summed E-state index contributed by atoms with van der Waals surface area (Å²) in [6.07, 6.45) is 1.82. The zero-order valence-electron chi connectivity index (χ0n) is 20.0. The lowest BCUT2D eigenvalue weighted by molar-refractivity contribution is -0.150. The van der Waals surface area contributed by atoms with Crippen molar-refractivity contribution in [2.75, 3.05) is 0 Å². The minimum atomic E-state index is -0.357. The molecule has 2 aromatic rings. The fourth-order valence-electron chi connectivity index (χ4n) is 4.53. The van der Waals surface area contributed by atoms with E-state index in [9.17, 15) is 19.8 Å². The van der Waals surface area contributed by atoms with Crippen molar-refractivity contribution in [1.29, 1.82) is 0 Å². The molecular weight excluding hydrogens is 432 g/mol. The molecule has 0 aliphatic heterocycles. The lowest BCUT2D eigenvalue weighted by Gasteiger charge is -2.09. The van der Waals surface area contributed by atoms with Gasteiger partial charge in [-0.2, -0.15) is 0 Å². The van der Waals surface area contributed by atoms with Gasteiger partial charge in [0.2, 0.25) is 0 Å². The summed E-state index contributed by atoms with van der Waals surface area (Å²) in [5.74, 6) is -0.240. The molecule has 0 spiro atoms. The van der Waals surface area contributed by atoms with Gasteiger partial charge < -0.3 is 19.7 Å². The SMILES string of the molecule is C[C@@H]1C[C@@H](C(=O)OCc2ccccc2)C[C@H]1O.C[C@H]1C[C@H](C(=O)OCc2ccccc2)C[C@@H]1O. The third kappa shape index (κ3) is 7.67. The molecule has 0 saturated heterocycles. The first-order valence-corrected chi connectivity index (χ1v) is 12.1. The highest BCUT2D eigenvalue weighted by atomic mass is 16.5. The van der Waals surface area contributed by atoms with Gasteiger partial charge in [0.1, 0.15) is 13.2 Å². The Balaban J connectivity index is 0.000000191. The molecule has 0 heterocycles. The van der Waals surface area contributed by atoms with Crippen molar-refractivity contribution in [3.8, 4) is 0 Å². The summed E-state index contributed by atoms with van der Waals surface area (Å²) in [7, 11) is 0. The number of carbonyl (C=O) groups excluding carboxylic acids is 2. The highest BCUT2D eigenvalue weighted by Gasteiger charge is 2.36. The van der Waals surface area contributed by atoms with Crippen molar-refractivity contribution in [1.82, 2.24) is 0 Å². The van der Waals surface area contributed by atoms with Crippen LogP contribution in [0.25, 0.3) is 0 Å². The van der Waals surface area contributed by atoms with Crippen LogP contribution in [0.5, 0.6) is 0 Å². The van der Waals surface area contributed by atoms with Crippen LogP contribution in [0.1, 0.15) is 50.7 Å². The Morgan fingerprint density at radius 2 is 1.03 bits per heavy atom. The van der Waals surface area contributed by atoms with Crippen molar-refractivity contribution in [3.63, 3.8) is 0 Å². The van der Waals surface area contributed by atoms with Gasteiger partial charge in [0.05, 0.1) is 24.0 Å². The van der Waals surface area contributed by atoms with Crippen LogP contribution in [0.15, 0.2) is 60.7 Å². The maximum Gasteiger partial charge on any atom is 0.309 e. The molecule has 184 valence electrons. The zero-order valence-corrected chi connectivity index (χ0v) is 20.0. The van der Waals surface area contributed by atoms with E-state index in [1.54, 1.807) is 0 Å². The molecule has 0 aromatic heterocycles. The normalized spacial score (nSPS) is 28.0. The standard InChI is InChI=1S/2C14H18O3/c2*1-10-7-12(8-13(10)15)14(16)17-9-11-5-3-2-4-6-11/h2*2-6,10,12-13,15H,7-9H2,1H3/t2*10-,12-,13-/m10/s1. The van der Waals surface area contributed by atoms with Crippen molar-refractivity contribution in [2.24, 2.45) is 23.7 Å².